The van der Waals surface area contributed by atoms with E-state index < -0.39 is 6.10 Å². The van der Waals surface area contributed by atoms with E-state index in [2.05, 4.69) is 16.9 Å². The van der Waals surface area contributed by atoms with Crippen molar-refractivity contribution in [2.75, 3.05) is 0 Å². The maximum atomic E-state index is 9.42. The van der Waals surface area contributed by atoms with E-state index in [1.54, 1.807) is 19.3 Å². The third-order valence-electron chi connectivity index (χ3n) is 2.69. The van der Waals surface area contributed by atoms with Gasteiger partial charge in [0.05, 0.1) is 6.10 Å². The molecule has 1 atom stereocenters. The van der Waals surface area contributed by atoms with Crippen LogP contribution in [0.15, 0.2) is 30.7 Å². The third kappa shape index (κ3) is 2.53. The number of rotatable bonds is 4. The number of hydrogen-bond acceptors (Lipinski definition) is 3. The van der Waals surface area contributed by atoms with Crippen LogP contribution in [0, 0.1) is 0 Å². The van der Waals surface area contributed by atoms with E-state index in [4.69, 9.17) is 0 Å². The maximum absolute atomic E-state index is 9.42. The molecule has 2 aromatic rings. The number of pyridine rings is 1. The Labute approximate surface area is 101 Å². The first-order valence-corrected chi connectivity index (χ1v) is 5.89. The summed E-state index contributed by atoms with van der Waals surface area (Å²) in [5, 5.41) is 9.42. The Balaban J connectivity index is 2.30. The lowest BCUT2D eigenvalue weighted by Gasteiger charge is -2.08. The zero-order valence-electron chi connectivity index (χ0n) is 10.2. The molecule has 2 aromatic heterocycles. The quantitative estimate of drug-likeness (QED) is 0.878. The highest BCUT2D eigenvalue weighted by Gasteiger charge is 2.06. The van der Waals surface area contributed by atoms with Crippen molar-refractivity contribution in [3.05, 3.63) is 42.1 Å². The predicted octanol–water partition coefficient (Wildman–Crippen LogP) is 2.27. The lowest BCUT2D eigenvalue weighted by Crippen LogP contribution is -2.03. The van der Waals surface area contributed by atoms with Crippen LogP contribution in [0.3, 0.4) is 0 Å². The number of aliphatic hydroxyl groups excluding tert-OH is 1. The van der Waals surface area contributed by atoms with Crippen LogP contribution in [0.4, 0.5) is 0 Å². The molecule has 1 N–H and O–H groups in total. The average molecular weight is 231 g/mol. The minimum atomic E-state index is -0.477. The molecule has 0 amide bonds. The molecule has 2 heterocycles. The van der Waals surface area contributed by atoms with Gasteiger partial charge in [0.25, 0.3) is 0 Å². The zero-order chi connectivity index (χ0) is 12.3. The summed E-state index contributed by atoms with van der Waals surface area (Å²) in [5.41, 5.74) is 0.825. The molecule has 0 spiro atoms. The van der Waals surface area contributed by atoms with Gasteiger partial charge in [0.2, 0.25) is 0 Å². The highest BCUT2D eigenvalue weighted by atomic mass is 16.3. The Kier molecular flexibility index (Phi) is 3.54. The predicted molar refractivity (Wildman–Crippen MR) is 66.0 cm³/mol. The summed E-state index contributed by atoms with van der Waals surface area (Å²) in [5.74, 6) is 1.86. The van der Waals surface area contributed by atoms with E-state index >= 15 is 0 Å². The average Bonchev–Trinajstić information content (AvgIpc) is 2.78. The van der Waals surface area contributed by atoms with E-state index in [9.17, 15) is 5.11 Å². The van der Waals surface area contributed by atoms with Gasteiger partial charge in [-0.15, -0.1) is 0 Å². The lowest BCUT2D eigenvalue weighted by molar-refractivity contribution is 0.199. The van der Waals surface area contributed by atoms with Gasteiger partial charge >= 0.3 is 0 Å². The summed E-state index contributed by atoms with van der Waals surface area (Å²) in [6.07, 6.45) is 6.92. The molecule has 0 aromatic carbocycles. The van der Waals surface area contributed by atoms with Crippen LogP contribution < -0.4 is 0 Å². The van der Waals surface area contributed by atoms with Gasteiger partial charge < -0.3 is 5.11 Å². The van der Waals surface area contributed by atoms with Crippen LogP contribution >= 0.6 is 0 Å². The highest BCUT2D eigenvalue weighted by molar-refractivity contribution is 5.28. The van der Waals surface area contributed by atoms with Crippen molar-refractivity contribution in [3.8, 4) is 5.82 Å². The van der Waals surface area contributed by atoms with Crippen LogP contribution in [0.25, 0.3) is 5.82 Å². The number of aryl methyl sites for hydroxylation is 1. The van der Waals surface area contributed by atoms with Crippen LogP contribution in [0.5, 0.6) is 0 Å². The molecule has 0 fully saturated rings. The third-order valence-corrected chi connectivity index (χ3v) is 2.69. The summed E-state index contributed by atoms with van der Waals surface area (Å²) in [6.45, 7) is 3.86. The number of aliphatic hydroxyl groups is 1. The van der Waals surface area contributed by atoms with Gasteiger partial charge in [-0.3, -0.25) is 4.57 Å². The van der Waals surface area contributed by atoms with Gasteiger partial charge in [-0.25, -0.2) is 9.97 Å². The molecule has 0 aliphatic rings. The highest BCUT2D eigenvalue weighted by Crippen LogP contribution is 2.14. The number of imidazole rings is 1. The normalized spacial score (nSPS) is 12.6. The largest absolute Gasteiger partial charge is 0.389 e. The molecule has 2 rings (SSSR count). The first-order chi connectivity index (χ1) is 8.22. The summed E-state index contributed by atoms with van der Waals surface area (Å²) in [4.78, 5) is 8.66. The van der Waals surface area contributed by atoms with E-state index in [-0.39, 0.29) is 0 Å². The summed E-state index contributed by atoms with van der Waals surface area (Å²) < 4.78 is 1.98. The zero-order valence-corrected chi connectivity index (χ0v) is 10.2. The molecular formula is C13H17N3O. The second-order valence-electron chi connectivity index (χ2n) is 4.09. The van der Waals surface area contributed by atoms with E-state index in [1.165, 1.54) is 0 Å². The number of hydrogen-bond donors (Lipinski definition) is 1. The Hall–Kier alpha value is -1.68. The fraction of sp³-hybridized carbons (Fsp3) is 0.385. The van der Waals surface area contributed by atoms with Crippen molar-refractivity contribution in [2.24, 2.45) is 0 Å². The van der Waals surface area contributed by atoms with Crippen LogP contribution in [0.2, 0.25) is 0 Å². The smallest absolute Gasteiger partial charge is 0.138 e. The summed E-state index contributed by atoms with van der Waals surface area (Å²) >= 11 is 0. The van der Waals surface area contributed by atoms with Crippen molar-refractivity contribution in [3.63, 3.8) is 0 Å². The fourth-order valence-corrected chi connectivity index (χ4v) is 1.74. The lowest BCUT2D eigenvalue weighted by atomic mass is 10.2. The molecule has 4 nitrogen and oxygen atoms in total. The molecule has 0 radical (unpaired) electrons. The number of aromatic nitrogens is 3. The fourth-order valence-electron chi connectivity index (χ4n) is 1.74. The van der Waals surface area contributed by atoms with Gasteiger partial charge in [-0.2, -0.15) is 0 Å². The van der Waals surface area contributed by atoms with E-state index in [0.717, 1.165) is 30.0 Å². The van der Waals surface area contributed by atoms with Gasteiger partial charge in [-0.1, -0.05) is 13.0 Å². The van der Waals surface area contributed by atoms with Crippen molar-refractivity contribution in [1.82, 2.24) is 14.5 Å². The van der Waals surface area contributed by atoms with E-state index in [1.807, 2.05) is 22.9 Å². The Morgan fingerprint density at radius 1 is 1.35 bits per heavy atom. The standard InChI is InChI=1S/C13H17N3O/c1-3-4-12-14-7-8-16(12)13-6-5-11(9-15-13)10(2)17/h5-10,17H,3-4H2,1-2H3/t10-/m0/s1. The first-order valence-electron chi connectivity index (χ1n) is 5.89. The van der Waals surface area contributed by atoms with Crippen molar-refractivity contribution < 1.29 is 5.11 Å². The van der Waals surface area contributed by atoms with Crippen molar-refractivity contribution >= 4 is 0 Å². The minimum Gasteiger partial charge on any atom is -0.389 e. The molecule has 0 bridgehead atoms. The Morgan fingerprint density at radius 3 is 2.76 bits per heavy atom. The minimum absolute atomic E-state index is 0.477. The number of nitrogens with zero attached hydrogens (tertiary/aromatic N) is 3. The molecular weight excluding hydrogens is 214 g/mol. The van der Waals surface area contributed by atoms with Crippen LogP contribution in [0.1, 0.15) is 37.8 Å². The second kappa shape index (κ2) is 5.10. The topological polar surface area (TPSA) is 50.9 Å². The summed E-state index contributed by atoms with van der Waals surface area (Å²) in [7, 11) is 0. The molecule has 90 valence electrons. The van der Waals surface area contributed by atoms with Gasteiger partial charge in [0, 0.05) is 25.0 Å². The van der Waals surface area contributed by atoms with Crippen molar-refractivity contribution in [2.45, 2.75) is 32.8 Å². The summed E-state index contributed by atoms with van der Waals surface area (Å²) in [6, 6.07) is 3.80. The van der Waals surface area contributed by atoms with Crippen LogP contribution in [-0.2, 0) is 6.42 Å². The second-order valence-corrected chi connectivity index (χ2v) is 4.09. The molecule has 0 aliphatic carbocycles. The Bertz CT molecular complexity index is 474. The van der Waals surface area contributed by atoms with Crippen LogP contribution in [-0.4, -0.2) is 19.6 Å². The van der Waals surface area contributed by atoms with Crippen molar-refractivity contribution in [1.29, 1.82) is 0 Å². The SMILES string of the molecule is CCCc1nccn1-c1ccc([C@H](C)O)cn1. The van der Waals surface area contributed by atoms with Gasteiger partial charge in [0.15, 0.2) is 0 Å². The Morgan fingerprint density at radius 2 is 2.18 bits per heavy atom. The monoisotopic (exact) mass is 231 g/mol. The molecule has 0 saturated heterocycles. The molecule has 17 heavy (non-hydrogen) atoms. The van der Waals surface area contributed by atoms with Gasteiger partial charge in [0.1, 0.15) is 11.6 Å². The molecule has 4 heteroatoms. The molecule has 0 unspecified atom stereocenters. The first kappa shape index (κ1) is 11.8. The van der Waals surface area contributed by atoms with E-state index in [0.29, 0.717) is 0 Å². The molecule has 0 saturated carbocycles. The maximum Gasteiger partial charge on any atom is 0.138 e. The molecule has 0 aliphatic heterocycles. The van der Waals surface area contributed by atoms with Gasteiger partial charge in [-0.05, 0) is 25.0 Å².